The summed E-state index contributed by atoms with van der Waals surface area (Å²) >= 11 is 0. The zero-order valence-electron chi connectivity index (χ0n) is 9.80. The van der Waals surface area contributed by atoms with Crippen molar-refractivity contribution in [2.24, 2.45) is 5.10 Å². The molecule has 1 amide bonds. The number of rotatable bonds is 2. The summed E-state index contributed by atoms with van der Waals surface area (Å²) in [6.07, 6.45) is 0.586. The standard InChI is InChI=1S/C12H12F2N2O2/c1-2-10(17)16-15-9-5-6-18-12-8(14)4-3-7(13)11(9)12/h3-4H,2,5-6H2,1H3,(H,16,17)/b15-9+. The van der Waals surface area contributed by atoms with Crippen LogP contribution in [0, 0.1) is 11.6 Å². The lowest BCUT2D eigenvalue weighted by Crippen LogP contribution is -2.24. The molecule has 1 heterocycles. The van der Waals surface area contributed by atoms with Crippen LogP contribution in [0.1, 0.15) is 25.3 Å². The molecule has 6 heteroatoms. The highest BCUT2D eigenvalue weighted by Crippen LogP contribution is 2.30. The number of hydrazone groups is 1. The Labute approximate surface area is 103 Å². The van der Waals surface area contributed by atoms with Crippen molar-refractivity contribution in [3.8, 4) is 5.75 Å². The Kier molecular flexibility index (Phi) is 3.55. The number of halogens is 2. The highest BCUT2D eigenvalue weighted by Gasteiger charge is 2.24. The Morgan fingerprint density at radius 1 is 1.44 bits per heavy atom. The fourth-order valence-electron chi connectivity index (χ4n) is 1.64. The Balaban J connectivity index is 2.38. The van der Waals surface area contributed by atoms with Crippen LogP contribution in [0.3, 0.4) is 0 Å². The van der Waals surface area contributed by atoms with Crippen LogP contribution in [0.25, 0.3) is 0 Å². The number of carbonyl (C=O) groups is 1. The molecule has 0 aliphatic carbocycles. The minimum Gasteiger partial charge on any atom is -0.489 e. The van der Waals surface area contributed by atoms with Crippen molar-refractivity contribution in [1.82, 2.24) is 5.43 Å². The van der Waals surface area contributed by atoms with Crippen molar-refractivity contribution >= 4 is 11.6 Å². The number of carbonyl (C=O) groups excluding carboxylic acids is 1. The van der Waals surface area contributed by atoms with Crippen LogP contribution in [-0.4, -0.2) is 18.2 Å². The highest BCUT2D eigenvalue weighted by atomic mass is 19.1. The summed E-state index contributed by atoms with van der Waals surface area (Å²) in [5.41, 5.74) is 2.56. The van der Waals surface area contributed by atoms with Gasteiger partial charge in [0.25, 0.3) is 0 Å². The number of ether oxygens (including phenoxy) is 1. The summed E-state index contributed by atoms with van der Waals surface area (Å²) in [6.45, 7) is 1.88. The minimum absolute atomic E-state index is 0.0161. The van der Waals surface area contributed by atoms with E-state index in [1.807, 2.05) is 0 Å². The smallest absolute Gasteiger partial charge is 0.239 e. The molecular weight excluding hydrogens is 242 g/mol. The van der Waals surface area contributed by atoms with E-state index in [2.05, 4.69) is 10.5 Å². The molecule has 1 aliphatic heterocycles. The maximum Gasteiger partial charge on any atom is 0.239 e. The molecule has 1 aliphatic rings. The molecule has 0 unspecified atom stereocenters. The quantitative estimate of drug-likeness (QED) is 0.820. The van der Waals surface area contributed by atoms with Gasteiger partial charge in [-0.05, 0) is 12.1 Å². The maximum atomic E-state index is 13.7. The largest absolute Gasteiger partial charge is 0.489 e. The van der Waals surface area contributed by atoms with Gasteiger partial charge >= 0.3 is 0 Å². The van der Waals surface area contributed by atoms with E-state index in [-0.39, 0.29) is 36.0 Å². The minimum atomic E-state index is -0.638. The molecule has 1 N–H and O–H groups in total. The Hall–Kier alpha value is -1.98. The highest BCUT2D eigenvalue weighted by molar-refractivity contribution is 6.04. The average molecular weight is 254 g/mol. The van der Waals surface area contributed by atoms with Gasteiger partial charge in [-0.2, -0.15) is 5.10 Å². The molecule has 1 aromatic carbocycles. The lowest BCUT2D eigenvalue weighted by Gasteiger charge is -2.19. The molecule has 0 saturated heterocycles. The number of hydrogen-bond donors (Lipinski definition) is 1. The SMILES string of the molecule is CCC(=O)N/N=C1\CCOc2c(F)ccc(F)c21. The van der Waals surface area contributed by atoms with Gasteiger partial charge in [-0.3, -0.25) is 4.79 Å². The van der Waals surface area contributed by atoms with Crippen LogP contribution in [0.5, 0.6) is 5.75 Å². The monoisotopic (exact) mass is 254 g/mol. The van der Waals surface area contributed by atoms with Crippen molar-refractivity contribution in [2.45, 2.75) is 19.8 Å². The van der Waals surface area contributed by atoms with E-state index < -0.39 is 11.6 Å². The molecule has 4 nitrogen and oxygen atoms in total. The van der Waals surface area contributed by atoms with Crippen molar-refractivity contribution in [1.29, 1.82) is 0 Å². The second kappa shape index (κ2) is 5.12. The molecule has 0 radical (unpaired) electrons. The van der Waals surface area contributed by atoms with Gasteiger partial charge in [0, 0.05) is 12.8 Å². The van der Waals surface area contributed by atoms with E-state index in [9.17, 15) is 13.6 Å². The van der Waals surface area contributed by atoms with Gasteiger partial charge in [0.2, 0.25) is 5.91 Å². The zero-order chi connectivity index (χ0) is 13.1. The summed E-state index contributed by atoms with van der Waals surface area (Å²) in [5.74, 6) is -1.69. The van der Waals surface area contributed by atoms with Crippen molar-refractivity contribution in [2.75, 3.05) is 6.61 Å². The summed E-state index contributed by atoms with van der Waals surface area (Å²) in [5, 5.41) is 3.83. The predicted molar refractivity (Wildman–Crippen MR) is 61.4 cm³/mol. The van der Waals surface area contributed by atoms with E-state index in [0.717, 1.165) is 12.1 Å². The molecule has 0 bridgehead atoms. The Morgan fingerprint density at radius 3 is 2.89 bits per heavy atom. The van der Waals surface area contributed by atoms with Crippen molar-refractivity contribution in [3.63, 3.8) is 0 Å². The Morgan fingerprint density at radius 2 is 2.17 bits per heavy atom. The lowest BCUT2D eigenvalue weighted by atomic mass is 10.0. The van der Waals surface area contributed by atoms with Gasteiger partial charge in [-0.25, -0.2) is 14.2 Å². The predicted octanol–water partition coefficient (Wildman–Crippen LogP) is 1.98. The van der Waals surface area contributed by atoms with Gasteiger partial charge < -0.3 is 4.74 Å². The summed E-state index contributed by atoms with van der Waals surface area (Å²) in [7, 11) is 0. The molecular formula is C12H12F2N2O2. The molecule has 0 aromatic heterocycles. The van der Waals surface area contributed by atoms with Gasteiger partial charge in [-0.1, -0.05) is 6.92 Å². The summed E-state index contributed by atoms with van der Waals surface area (Å²) in [4.78, 5) is 11.1. The first kappa shape index (κ1) is 12.5. The normalized spacial score (nSPS) is 16.1. The lowest BCUT2D eigenvalue weighted by molar-refractivity contribution is -0.120. The van der Waals surface area contributed by atoms with E-state index in [4.69, 9.17) is 4.74 Å². The topological polar surface area (TPSA) is 50.7 Å². The third kappa shape index (κ3) is 2.32. The van der Waals surface area contributed by atoms with Crippen LogP contribution in [0.4, 0.5) is 8.78 Å². The number of nitrogens with one attached hydrogen (secondary N) is 1. The van der Waals surface area contributed by atoms with E-state index in [0.29, 0.717) is 6.42 Å². The van der Waals surface area contributed by atoms with Crippen LogP contribution in [0.15, 0.2) is 17.2 Å². The van der Waals surface area contributed by atoms with Gasteiger partial charge in [-0.15, -0.1) is 0 Å². The maximum absolute atomic E-state index is 13.7. The van der Waals surface area contributed by atoms with Crippen LogP contribution < -0.4 is 10.2 Å². The second-order valence-corrected chi connectivity index (χ2v) is 3.78. The van der Waals surface area contributed by atoms with Crippen molar-refractivity contribution < 1.29 is 18.3 Å². The fourth-order valence-corrected chi connectivity index (χ4v) is 1.64. The van der Waals surface area contributed by atoms with E-state index in [1.165, 1.54) is 0 Å². The first-order chi connectivity index (χ1) is 8.63. The average Bonchev–Trinajstić information content (AvgIpc) is 2.40. The first-order valence-electron chi connectivity index (χ1n) is 5.60. The number of nitrogens with zero attached hydrogens (tertiary/aromatic N) is 1. The fraction of sp³-hybridized carbons (Fsp3) is 0.333. The summed E-state index contributed by atoms with van der Waals surface area (Å²) < 4.78 is 32.2. The van der Waals surface area contributed by atoms with Gasteiger partial charge in [0.1, 0.15) is 5.82 Å². The number of amides is 1. The third-order valence-electron chi connectivity index (χ3n) is 2.57. The number of hydrogen-bond acceptors (Lipinski definition) is 3. The van der Waals surface area contributed by atoms with E-state index in [1.54, 1.807) is 6.92 Å². The molecule has 1 aromatic rings. The van der Waals surface area contributed by atoms with Crippen LogP contribution in [0.2, 0.25) is 0 Å². The number of benzene rings is 1. The van der Waals surface area contributed by atoms with E-state index >= 15 is 0 Å². The Bertz CT molecular complexity index is 515. The molecule has 0 saturated carbocycles. The molecule has 96 valence electrons. The van der Waals surface area contributed by atoms with Crippen molar-refractivity contribution in [3.05, 3.63) is 29.3 Å². The van der Waals surface area contributed by atoms with Crippen LogP contribution >= 0.6 is 0 Å². The molecule has 0 atom stereocenters. The molecule has 2 rings (SSSR count). The second-order valence-electron chi connectivity index (χ2n) is 3.78. The van der Waals surface area contributed by atoms with Crippen LogP contribution in [-0.2, 0) is 4.79 Å². The molecule has 0 fully saturated rings. The third-order valence-corrected chi connectivity index (χ3v) is 2.57. The number of fused-ring (bicyclic) bond motifs is 1. The zero-order valence-corrected chi connectivity index (χ0v) is 9.80. The molecule has 0 spiro atoms. The first-order valence-corrected chi connectivity index (χ1v) is 5.60. The van der Waals surface area contributed by atoms with Gasteiger partial charge in [0.15, 0.2) is 11.6 Å². The van der Waals surface area contributed by atoms with Gasteiger partial charge in [0.05, 0.1) is 17.9 Å². The molecule has 18 heavy (non-hydrogen) atoms. The summed E-state index contributed by atoms with van der Waals surface area (Å²) in [6, 6.07) is 2.02.